The van der Waals surface area contributed by atoms with Gasteiger partial charge in [-0.05, 0) is 36.4 Å². The number of anilines is 2. The molecule has 0 saturated heterocycles. The molecule has 6 nitrogen and oxygen atoms in total. The lowest BCUT2D eigenvalue weighted by atomic mass is 10.3. The number of aromatic nitrogens is 3. The predicted octanol–water partition coefficient (Wildman–Crippen LogP) is 2.55. The molecule has 114 valence electrons. The molecule has 0 atom stereocenters. The Bertz CT molecular complexity index is 760. The van der Waals surface area contributed by atoms with Crippen molar-refractivity contribution in [3.63, 3.8) is 0 Å². The van der Waals surface area contributed by atoms with Crippen molar-refractivity contribution < 1.29 is 4.79 Å². The summed E-state index contributed by atoms with van der Waals surface area (Å²) < 4.78 is 0. The topological polar surface area (TPSA) is 79.8 Å². The number of rotatable bonds is 5. The summed E-state index contributed by atoms with van der Waals surface area (Å²) in [4.78, 5) is 16.2. The molecule has 2 aromatic heterocycles. The average Bonchev–Trinajstić information content (AvgIpc) is 2.62. The Morgan fingerprint density at radius 2 is 1.74 bits per heavy atom. The van der Waals surface area contributed by atoms with Gasteiger partial charge in [-0.2, -0.15) is 0 Å². The number of carbonyl (C=O) groups is 1. The SMILES string of the molecule is O=C(NCc1ccccn1)c1ccc(Nc2ccccc2)nn1. The van der Waals surface area contributed by atoms with E-state index in [0.29, 0.717) is 12.4 Å². The van der Waals surface area contributed by atoms with E-state index in [1.54, 1.807) is 18.3 Å². The van der Waals surface area contributed by atoms with Crippen molar-refractivity contribution in [2.45, 2.75) is 6.54 Å². The quantitative estimate of drug-likeness (QED) is 0.757. The van der Waals surface area contributed by atoms with Gasteiger partial charge in [-0.25, -0.2) is 0 Å². The molecule has 0 radical (unpaired) electrons. The Morgan fingerprint density at radius 1 is 0.913 bits per heavy atom. The van der Waals surface area contributed by atoms with E-state index in [1.807, 2.05) is 48.5 Å². The molecule has 0 unspecified atom stereocenters. The Hall–Kier alpha value is -3.28. The zero-order chi connectivity index (χ0) is 15.9. The van der Waals surface area contributed by atoms with Crippen LogP contribution in [0.1, 0.15) is 16.2 Å². The van der Waals surface area contributed by atoms with Gasteiger partial charge in [-0.3, -0.25) is 9.78 Å². The van der Waals surface area contributed by atoms with Crippen LogP contribution >= 0.6 is 0 Å². The van der Waals surface area contributed by atoms with Crippen LogP contribution in [-0.2, 0) is 6.54 Å². The minimum absolute atomic E-state index is 0.263. The zero-order valence-corrected chi connectivity index (χ0v) is 12.3. The fourth-order valence-corrected chi connectivity index (χ4v) is 1.95. The Balaban J connectivity index is 1.59. The molecule has 2 heterocycles. The van der Waals surface area contributed by atoms with Crippen molar-refractivity contribution in [2.24, 2.45) is 0 Å². The lowest BCUT2D eigenvalue weighted by molar-refractivity contribution is 0.0944. The van der Waals surface area contributed by atoms with E-state index < -0.39 is 0 Å². The maximum Gasteiger partial charge on any atom is 0.272 e. The lowest BCUT2D eigenvalue weighted by Gasteiger charge is -2.06. The third-order valence-corrected chi connectivity index (χ3v) is 3.10. The van der Waals surface area contributed by atoms with Crippen LogP contribution in [0.25, 0.3) is 0 Å². The number of hydrogen-bond acceptors (Lipinski definition) is 5. The molecular formula is C17H15N5O. The summed E-state index contributed by atoms with van der Waals surface area (Å²) in [5, 5.41) is 13.8. The van der Waals surface area contributed by atoms with Gasteiger partial charge in [-0.1, -0.05) is 24.3 Å². The molecule has 0 saturated carbocycles. The lowest BCUT2D eigenvalue weighted by Crippen LogP contribution is -2.24. The molecule has 3 rings (SSSR count). The Kier molecular flexibility index (Phi) is 4.54. The largest absolute Gasteiger partial charge is 0.345 e. The molecular weight excluding hydrogens is 290 g/mol. The van der Waals surface area contributed by atoms with Crippen LogP contribution in [-0.4, -0.2) is 21.1 Å². The van der Waals surface area contributed by atoms with Crippen LogP contribution in [0.2, 0.25) is 0 Å². The second-order valence-corrected chi connectivity index (χ2v) is 4.80. The number of amides is 1. The molecule has 23 heavy (non-hydrogen) atoms. The number of carbonyl (C=O) groups excluding carboxylic acids is 1. The standard InChI is InChI=1S/C17H15N5O/c23-17(19-12-14-8-4-5-11-18-14)15-9-10-16(22-21-15)20-13-6-2-1-3-7-13/h1-11H,12H2,(H,19,23)(H,20,22). The first kappa shape index (κ1) is 14.6. The fourth-order valence-electron chi connectivity index (χ4n) is 1.95. The monoisotopic (exact) mass is 305 g/mol. The van der Waals surface area contributed by atoms with Gasteiger partial charge in [-0.15, -0.1) is 10.2 Å². The highest BCUT2D eigenvalue weighted by atomic mass is 16.1. The van der Waals surface area contributed by atoms with Crippen LogP contribution in [0, 0.1) is 0 Å². The van der Waals surface area contributed by atoms with Crippen molar-refractivity contribution in [3.8, 4) is 0 Å². The second kappa shape index (κ2) is 7.13. The molecule has 0 aliphatic carbocycles. The third-order valence-electron chi connectivity index (χ3n) is 3.10. The molecule has 3 aromatic rings. The molecule has 0 bridgehead atoms. The smallest absolute Gasteiger partial charge is 0.272 e. The highest BCUT2D eigenvalue weighted by Gasteiger charge is 2.08. The summed E-state index contributed by atoms with van der Waals surface area (Å²) in [5.41, 5.74) is 1.96. The van der Waals surface area contributed by atoms with Gasteiger partial charge >= 0.3 is 0 Å². The summed E-state index contributed by atoms with van der Waals surface area (Å²) in [5.74, 6) is 0.298. The summed E-state index contributed by atoms with van der Waals surface area (Å²) in [6, 6.07) is 18.5. The van der Waals surface area contributed by atoms with Crippen LogP contribution in [0.4, 0.5) is 11.5 Å². The minimum Gasteiger partial charge on any atom is -0.345 e. The number of pyridine rings is 1. The fraction of sp³-hybridized carbons (Fsp3) is 0.0588. The Morgan fingerprint density at radius 3 is 2.43 bits per heavy atom. The first-order valence-electron chi connectivity index (χ1n) is 7.15. The van der Waals surface area contributed by atoms with E-state index in [2.05, 4.69) is 25.8 Å². The van der Waals surface area contributed by atoms with Crippen LogP contribution in [0.3, 0.4) is 0 Å². The van der Waals surface area contributed by atoms with E-state index in [0.717, 1.165) is 11.4 Å². The van der Waals surface area contributed by atoms with Gasteiger partial charge in [0.25, 0.3) is 5.91 Å². The number of nitrogens with zero attached hydrogens (tertiary/aromatic N) is 3. The second-order valence-electron chi connectivity index (χ2n) is 4.80. The number of hydrogen-bond donors (Lipinski definition) is 2. The summed E-state index contributed by atoms with van der Waals surface area (Å²) in [6.07, 6.45) is 1.69. The third kappa shape index (κ3) is 4.10. The van der Waals surface area contributed by atoms with Crippen LogP contribution < -0.4 is 10.6 Å². The van der Waals surface area contributed by atoms with E-state index >= 15 is 0 Å². The maximum absolute atomic E-state index is 12.0. The summed E-state index contributed by atoms with van der Waals surface area (Å²) in [7, 11) is 0. The number of benzene rings is 1. The van der Waals surface area contributed by atoms with Crippen LogP contribution in [0.15, 0.2) is 66.9 Å². The predicted molar refractivity (Wildman–Crippen MR) is 87.2 cm³/mol. The molecule has 0 spiro atoms. The van der Waals surface area contributed by atoms with Gasteiger partial charge in [0.1, 0.15) is 0 Å². The summed E-state index contributed by atoms with van der Waals surface area (Å²) in [6.45, 7) is 0.353. The maximum atomic E-state index is 12.0. The van der Waals surface area contributed by atoms with E-state index in [4.69, 9.17) is 0 Å². The van der Waals surface area contributed by atoms with Gasteiger partial charge < -0.3 is 10.6 Å². The van der Waals surface area contributed by atoms with Crippen molar-refractivity contribution in [3.05, 3.63) is 78.2 Å². The van der Waals surface area contributed by atoms with Crippen LogP contribution in [0.5, 0.6) is 0 Å². The van der Waals surface area contributed by atoms with Crippen molar-refractivity contribution in [1.82, 2.24) is 20.5 Å². The number of para-hydroxylation sites is 1. The van der Waals surface area contributed by atoms with Crippen molar-refractivity contribution >= 4 is 17.4 Å². The molecule has 0 fully saturated rings. The molecule has 2 N–H and O–H groups in total. The normalized spacial score (nSPS) is 10.1. The molecule has 0 aliphatic heterocycles. The van der Waals surface area contributed by atoms with Crippen molar-refractivity contribution in [2.75, 3.05) is 5.32 Å². The van der Waals surface area contributed by atoms with Gasteiger partial charge in [0.05, 0.1) is 12.2 Å². The molecule has 0 aliphatic rings. The summed E-state index contributed by atoms with van der Waals surface area (Å²) >= 11 is 0. The van der Waals surface area contributed by atoms with Gasteiger partial charge in [0.15, 0.2) is 11.5 Å². The average molecular weight is 305 g/mol. The highest BCUT2D eigenvalue weighted by Crippen LogP contribution is 2.12. The van der Waals surface area contributed by atoms with E-state index in [-0.39, 0.29) is 11.6 Å². The zero-order valence-electron chi connectivity index (χ0n) is 12.3. The van der Waals surface area contributed by atoms with Gasteiger partial charge in [0.2, 0.25) is 0 Å². The Labute approximate surface area is 133 Å². The van der Waals surface area contributed by atoms with Crippen molar-refractivity contribution in [1.29, 1.82) is 0 Å². The van der Waals surface area contributed by atoms with Gasteiger partial charge in [0, 0.05) is 11.9 Å². The van der Waals surface area contributed by atoms with E-state index in [1.165, 1.54) is 0 Å². The van der Waals surface area contributed by atoms with E-state index in [9.17, 15) is 4.79 Å². The molecule has 1 aromatic carbocycles. The molecule has 6 heteroatoms. The highest BCUT2D eigenvalue weighted by molar-refractivity contribution is 5.92. The first-order valence-corrected chi connectivity index (χ1v) is 7.15. The molecule has 1 amide bonds. The number of nitrogens with one attached hydrogen (secondary N) is 2. The minimum atomic E-state index is -0.283. The first-order chi connectivity index (χ1) is 11.3.